The number of likely N-dealkylation sites (N-methyl/N-ethyl adjacent to an activating group) is 1. The zero-order valence-electron chi connectivity index (χ0n) is 8.44. The Kier molecular flexibility index (Phi) is 4.31. The lowest BCUT2D eigenvalue weighted by molar-refractivity contribution is 0.117. The SMILES string of the molecule is CNCC(O)CN1CCS(=O)(=O)CC1. The molecule has 1 atom stereocenters. The summed E-state index contributed by atoms with van der Waals surface area (Å²) >= 11 is 0. The molecular formula is C8H18N2O3S. The second-order valence-electron chi connectivity index (χ2n) is 3.66. The van der Waals surface area contributed by atoms with Gasteiger partial charge in [0.25, 0.3) is 0 Å². The zero-order valence-corrected chi connectivity index (χ0v) is 9.26. The van der Waals surface area contributed by atoms with Gasteiger partial charge in [-0.1, -0.05) is 0 Å². The smallest absolute Gasteiger partial charge is 0.152 e. The van der Waals surface area contributed by atoms with Crippen LogP contribution in [-0.4, -0.2) is 69.3 Å². The van der Waals surface area contributed by atoms with E-state index in [9.17, 15) is 13.5 Å². The summed E-state index contributed by atoms with van der Waals surface area (Å²) in [5, 5.41) is 12.4. The summed E-state index contributed by atoms with van der Waals surface area (Å²) in [6, 6.07) is 0. The minimum absolute atomic E-state index is 0.222. The lowest BCUT2D eigenvalue weighted by atomic mass is 10.3. The minimum Gasteiger partial charge on any atom is -0.390 e. The number of aliphatic hydroxyl groups is 1. The van der Waals surface area contributed by atoms with Crippen molar-refractivity contribution < 1.29 is 13.5 Å². The number of sulfone groups is 1. The first-order chi connectivity index (χ1) is 6.53. The molecule has 0 radical (unpaired) electrons. The van der Waals surface area contributed by atoms with E-state index in [1.54, 1.807) is 7.05 Å². The summed E-state index contributed by atoms with van der Waals surface area (Å²) in [6.07, 6.45) is -0.416. The molecule has 1 unspecified atom stereocenters. The summed E-state index contributed by atoms with van der Waals surface area (Å²) in [4.78, 5) is 1.99. The predicted molar refractivity (Wildman–Crippen MR) is 55.0 cm³/mol. The highest BCUT2D eigenvalue weighted by Crippen LogP contribution is 2.03. The summed E-state index contributed by atoms with van der Waals surface area (Å²) < 4.78 is 22.2. The van der Waals surface area contributed by atoms with Crippen molar-refractivity contribution in [3.63, 3.8) is 0 Å². The van der Waals surface area contributed by atoms with Gasteiger partial charge in [0, 0.05) is 26.2 Å². The van der Waals surface area contributed by atoms with Gasteiger partial charge in [-0.15, -0.1) is 0 Å². The van der Waals surface area contributed by atoms with Crippen LogP contribution >= 0.6 is 0 Å². The van der Waals surface area contributed by atoms with E-state index in [0.29, 0.717) is 26.2 Å². The van der Waals surface area contributed by atoms with Gasteiger partial charge in [0.05, 0.1) is 17.6 Å². The van der Waals surface area contributed by atoms with Crippen molar-refractivity contribution in [2.24, 2.45) is 0 Å². The summed E-state index contributed by atoms with van der Waals surface area (Å²) in [7, 11) is -1.02. The van der Waals surface area contributed by atoms with Crippen LogP contribution in [0.25, 0.3) is 0 Å². The van der Waals surface area contributed by atoms with Crippen molar-refractivity contribution >= 4 is 9.84 Å². The molecule has 5 nitrogen and oxygen atoms in total. The molecule has 2 N–H and O–H groups in total. The van der Waals surface area contributed by atoms with Crippen molar-refractivity contribution in [3.05, 3.63) is 0 Å². The fraction of sp³-hybridized carbons (Fsp3) is 1.00. The third-order valence-electron chi connectivity index (χ3n) is 2.35. The van der Waals surface area contributed by atoms with Crippen LogP contribution < -0.4 is 5.32 Å². The molecule has 14 heavy (non-hydrogen) atoms. The van der Waals surface area contributed by atoms with Crippen LogP contribution in [-0.2, 0) is 9.84 Å². The summed E-state index contributed by atoms with van der Waals surface area (Å²) in [6.45, 7) is 2.19. The Morgan fingerprint density at radius 3 is 2.50 bits per heavy atom. The monoisotopic (exact) mass is 222 g/mol. The van der Waals surface area contributed by atoms with Gasteiger partial charge >= 0.3 is 0 Å². The Bertz CT molecular complexity index is 252. The molecule has 1 rings (SSSR count). The number of aliphatic hydroxyl groups excluding tert-OH is 1. The summed E-state index contributed by atoms with van der Waals surface area (Å²) in [5.74, 6) is 0.443. The second-order valence-corrected chi connectivity index (χ2v) is 5.97. The van der Waals surface area contributed by atoms with E-state index in [2.05, 4.69) is 5.32 Å². The number of rotatable bonds is 4. The maximum atomic E-state index is 11.1. The molecule has 0 aromatic carbocycles. The molecule has 0 spiro atoms. The van der Waals surface area contributed by atoms with Crippen molar-refractivity contribution in [2.45, 2.75) is 6.10 Å². The molecule has 0 aromatic heterocycles. The highest BCUT2D eigenvalue weighted by molar-refractivity contribution is 7.91. The van der Waals surface area contributed by atoms with E-state index in [4.69, 9.17) is 0 Å². The van der Waals surface area contributed by atoms with Gasteiger partial charge in [-0.05, 0) is 7.05 Å². The van der Waals surface area contributed by atoms with Crippen LogP contribution in [0.3, 0.4) is 0 Å². The Morgan fingerprint density at radius 1 is 1.43 bits per heavy atom. The Hall–Kier alpha value is -0.170. The van der Waals surface area contributed by atoms with Crippen LogP contribution in [0.4, 0.5) is 0 Å². The van der Waals surface area contributed by atoms with E-state index < -0.39 is 15.9 Å². The number of hydrogen-bond acceptors (Lipinski definition) is 5. The van der Waals surface area contributed by atoms with Gasteiger partial charge in [-0.3, -0.25) is 4.90 Å². The first kappa shape index (κ1) is 11.9. The van der Waals surface area contributed by atoms with Gasteiger partial charge in [0.15, 0.2) is 9.84 Å². The molecule has 0 amide bonds. The van der Waals surface area contributed by atoms with Gasteiger partial charge in [0.2, 0.25) is 0 Å². The zero-order chi connectivity index (χ0) is 10.6. The number of hydrogen-bond donors (Lipinski definition) is 2. The summed E-state index contributed by atoms with van der Waals surface area (Å²) in [5.41, 5.74) is 0. The third-order valence-corrected chi connectivity index (χ3v) is 3.95. The second kappa shape index (κ2) is 5.06. The quantitative estimate of drug-likeness (QED) is 0.593. The van der Waals surface area contributed by atoms with Crippen LogP contribution in [0.5, 0.6) is 0 Å². The molecule has 0 bridgehead atoms. The van der Waals surface area contributed by atoms with Crippen LogP contribution in [0.1, 0.15) is 0 Å². The van der Waals surface area contributed by atoms with Crippen molar-refractivity contribution in [1.29, 1.82) is 0 Å². The van der Waals surface area contributed by atoms with E-state index in [0.717, 1.165) is 0 Å². The maximum absolute atomic E-state index is 11.1. The van der Waals surface area contributed by atoms with Crippen molar-refractivity contribution in [2.75, 3.05) is 44.7 Å². The molecule has 0 saturated carbocycles. The van der Waals surface area contributed by atoms with E-state index >= 15 is 0 Å². The van der Waals surface area contributed by atoms with Gasteiger partial charge < -0.3 is 10.4 Å². The van der Waals surface area contributed by atoms with Gasteiger partial charge in [0.1, 0.15) is 0 Å². The lowest BCUT2D eigenvalue weighted by Gasteiger charge is -2.28. The molecule has 0 aliphatic carbocycles. The average Bonchev–Trinajstić information content (AvgIpc) is 2.09. The number of nitrogens with one attached hydrogen (secondary N) is 1. The molecule has 84 valence electrons. The lowest BCUT2D eigenvalue weighted by Crippen LogP contribution is -2.45. The normalized spacial score (nSPS) is 24.7. The number of nitrogens with zero attached hydrogens (tertiary/aromatic N) is 1. The Balaban J connectivity index is 2.29. The standard InChI is InChI=1S/C8H18N2O3S/c1-9-6-8(11)7-10-2-4-14(12,13)5-3-10/h8-9,11H,2-7H2,1H3. The fourth-order valence-electron chi connectivity index (χ4n) is 1.53. The van der Waals surface area contributed by atoms with Gasteiger partial charge in [-0.25, -0.2) is 8.42 Å². The fourth-order valence-corrected chi connectivity index (χ4v) is 2.81. The molecule has 1 aliphatic heterocycles. The Labute approximate surface area is 85.0 Å². The first-order valence-electron chi connectivity index (χ1n) is 4.79. The van der Waals surface area contributed by atoms with Crippen molar-refractivity contribution in [1.82, 2.24) is 10.2 Å². The number of β-amino-alcohol motifs (C(OH)–C–C–N with tert-alkyl or cyclic N) is 1. The van der Waals surface area contributed by atoms with Crippen molar-refractivity contribution in [3.8, 4) is 0 Å². The molecule has 0 aromatic rings. The van der Waals surface area contributed by atoms with E-state index in [1.807, 2.05) is 4.90 Å². The molecule has 1 fully saturated rings. The van der Waals surface area contributed by atoms with Crippen LogP contribution in [0.15, 0.2) is 0 Å². The van der Waals surface area contributed by atoms with Gasteiger partial charge in [-0.2, -0.15) is 0 Å². The molecular weight excluding hydrogens is 204 g/mol. The maximum Gasteiger partial charge on any atom is 0.152 e. The predicted octanol–water partition coefficient (Wildman–Crippen LogP) is -1.70. The molecule has 1 saturated heterocycles. The first-order valence-corrected chi connectivity index (χ1v) is 6.61. The average molecular weight is 222 g/mol. The van der Waals surface area contributed by atoms with E-state index in [1.165, 1.54) is 0 Å². The highest BCUT2D eigenvalue weighted by atomic mass is 32.2. The largest absolute Gasteiger partial charge is 0.390 e. The molecule has 1 aliphatic rings. The Morgan fingerprint density at radius 2 is 2.00 bits per heavy atom. The third kappa shape index (κ3) is 3.91. The minimum atomic E-state index is -2.80. The molecule has 1 heterocycles. The highest BCUT2D eigenvalue weighted by Gasteiger charge is 2.22. The van der Waals surface area contributed by atoms with Crippen LogP contribution in [0, 0.1) is 0 Å². The van der Waals surface area contributed by atoms with E-state index in [-0.39, 0.29) is 11.5 Å². The topological polar surface area (TPSA) is 69.6 Å². The van der Waals surface area contributed by atoms with Crippen LogP contribution in [0.2, 0.25) is 0 Å². The molecule has 6 heteroatoms.